The van der Waals surface area contributed by atoms with Crippen molar-refractivity contribution in [1.29, 1.82) is 0 Å². The number of ether oxygens (including phenoxy) is 5. The third kappa shape index (κ3) is 2.34. The van der Waals surface area contributed by atoms with E-state index in [0.717, 1.165) is 34.1 Å². The molecule has 1 saturated heterocycles. The van der Waals surface area contributed by atoms with Gasteiger partial charge in [-0.15, -0.1) is 0 Å². The summed E-state index contributed by atoms with van der Waals surface area (Å²) in [5, 5.41) is 0. The zero-order chi connectivity index (χ0) is 17.0. The van der Waals surface area contributed by atoms with Crippen LogP contribution in [0, 0.1) is 11.8 Å². The van der Waals surface area contributed by atoms with Gasteiger partial charge in [0, 0.05) is 0 Å². The van der Waals surface area contributed by atoms with Gasteiger partial charge in [-0.3, -0.25) is 0 Å². The van der Waals surface area contributed by atoms with E-state index in [2.05, 4.69) is 26.0 Å². The lowest BCUT2D eigenvalue weighted by Crippen LogP contribution is -2.09. The van der Waals surface area contributed by atoms with E-state index in [-0.39, 0.29) is 25.8 Å². The fourth-order valence-corrected chi connectivity index (χ4v) is 3.90. The fourth-order valence-electron chi connectivity index (χ4n) is 3.90. The molecule has 5 nitrogen and oxygen atoms in total. The SMILES string of the molecule is C[C@@H]1[C@H](C)[C@@H](c2ccc3c(c2)OCO3)O[C@H]1c1ccc2c(c1)OCO2. The van der Waals surface area contributed by atoms with Crippen LogP contribution in [0.5, 0.6) is 23.0 Å². The molecule has 0 saturated carbocycles. The summed E-state index contributed by atoms with van der Waals surface area (Å²) in [7, 11) is 0. The molecule has 0 spiro atoms. The van der Waals surface area contributed by atoms with Gasteiger partial charge in [-0.2, -0.15) is 0 Å². The van der Waals surface area contributed by atoms with Crippen LogP contribution in [-0.4, -0.2) is 13.6 Å². The van der Waals surface area contributed by atoms with Crippen LogP contribution in [0.15, 0.2) is 36.4 Å². The molecule has 130 valence electrons. The van der Waals surface area contributed by atoms with Crippen molar-refractivity contribution in [3.8, 4) is 23.0 Å². The van der Waals surface area contributed by atoms with Gasteiger partial charge in [0.25, 0.3) is 0 Å². The minimum absolute atomic E-state index is 0.0277. The van der Waals surface area contributed by atoms with Gasteiger partial charge in [-0.05, 0) is 47.2 Å². The van der Waals surface area contributed by atoms with Gasteiger partial charge in [0.15, 0.2) is 23.0 Å². The minimum atomic E-state index is 0.0277. The highest BCUT2D eigenvalue weighted by Crippen LogP contribution is 2.51. The van der Waals surface area contributed by atoms with Gasteiger partial charge in [0.2, 0.25) is 13.6 Å². The maximum Gasteiger partial charge on any atom is 0.231 e. The molecule has 0 unspecified atom stereocenters. The zero-order valence-electron chi connectivity index (χ0n) is 14.2. The summed E-state index contributed by atoms with van der Waals surface area (Å²) in [4.78, 5) is 0. The van der Waals surface area contributed by atoms with Crippen molar-refractivity contribution < 1.29 is 23.7 Å². The molecule has 25 heavy (non-hydrogen) atoms. The molecule has 2 aromatic rings. The van der Waals surface area contributed by atoms with Gasteiger partial charge in [0.05, 0.1) is 12.2 Å². The van der Waals surface area contributed by atoms with Crippen molar-refractivity contribution in [2.45, 2.75) is 26.1 Å². The molecule has 0 amide bonds. The minimum Gasteiger partial charge on any atom is -0.454 e. The van der Waals surface area contributed by atoms with Crippen LogP contribution < -0.4 is 18.9 Å². The Bertz CT molecular complexity index is 750. The topological polar surface area (TPSA) is 46.2 Å². The van der Waals surface area contributed by atoms with Crippen LogP contribution in [0.4, 0.5) is 0 Å². The molecule has 5 rings (SSSR count). The molecule has 0 aromatic heterocycles. The standard InChI is InChI=1S/C20H20O5/c1-11-12(2)20(14-4-6-16-18(8-14)24-10-22-16)25-19(11)13-3-5-15-17(7-13)23-9-21-15/h3-8,11-12,19-20H,9-10H2,1-2H3/t11-,12+,19-,20+. The first kappa shape index (κ1) is 14.9. The average molecular weight is 340 g/mol. The van der Waals surface area contributed by atoms with Crippen LogP contribution in [-0.2, 0) is 4.74 Å². The zero-order valence-corrected chi connectivity index (χ0v) is 14.2. The van der Waals surface area contributed by atoms with Crippen molar-refractivity contribution >= 4 is 0 Å². The third-order valence-corrected chi connectivity index (χ3v) is 5.53. The Morgan fingerprint density at radius 2 is 1.08 bits per heavy atom. The maximum absolute atomic E-state index is 6.48. The van der Waals surface area contributed by atoms with E-state index in [9.17, 15) is 0 Å². The largest absolute Gasteiger partial charge is 0.454 e. The summed E-state index contributed by atoms with van der Waals surface area (Å²) in [6.45, 7) is 5.06. The lowest BCUT2D eigenvalue weighted by atomic mass is 9.85. The van der Waals surface area contributed by atoms with Crippen molar-refractivity contribution in [3.63, 3.8) is 0 Å². The first-order valence-corrected chi connectivity index (χ1v) is 8.65. The Balaban J connectivity index is 1.44. The molecule has 0 aliphatic carbocycles. The molecule has 3 aliphatic rings. The lowest BCUT2D eigenvalue weighted by Gasteiger charge is -2.17. The third-order valence-electron chi connectivity index (χ3n) is 5.53. The fraction of sp³-hybridized carbons (Fsp3) is 0.400. The Morgan fingerprint density at radius 3 is 1.56 bits per heavy atom. The molecule has 3 heterocycles. The highest BCUT2D eigenvalue weighted by molar-refractivity contribution is 5.47. The predicted molar refractivity (Wildman–Crippen MR) is 90.0 cm³/mol. The summed E-state index contributed by atoms with van der Waals surface area (Å²) >= 11 is 0. The molecular weight excluding hydrogens is 320 g/mol. The Hall–Kier alpha value is -2.40. The van der Waals surface area contributed by atoms with Crippen LogP contribution in [0.25, 0.3) is 0 Å². The van der Waals surface area contributed by atoms with E-state index in [4.69, 9.17) is 23.7 Å². The van der Waals surface area contributed by atoms with Crippen molar-refractivity contribution in [2.24, 2.45) is 11.8 Å². The molecular formula is C20H20O5. The second-order valence-corrected chi connectivity index (χ2v) is 6.92. The maximum atomic E-state index is 6.48. The molecule has 4 atom stereocenters. The normalized spacial score (nSPS) is 29.2. The van der Waals surface area contributed by atoms with Gasteiger partial charge in [0.1, 0.15) is 0 Å². The molecule has 2 aromatic carbocycles. The molecule has 0 N–H and O–H groups in total. The highest BCUT2D eigenvalue weighted by Gasteiger charge is 2.41. The van der Waals surface area contributed by atoms with Crippen LogP contribution in [0.2, 0.25) is 0 Å². The van der Waals surface area contributed by atoms with E-state index in [1.54, 1.807) is 0 Å². The van der Waals surface area contributed by atoms with E-state index in [1.807, 2.05) is 24.3 Å². The summed E-state index contributed by atoms with van der Waals surface area (Å²) < 4.78 is 28.3. The van der Waals surface area contributed by atoms with E-state index >= 15 is 0 Å². The van der Waals surface area contributed by atoms with E-state index < -0.39 is 0 Å². The Morgan fingerprint density at radius 1 is 0.640 bits per heavy atom. The van der Waals surface area contributed by atoms with E-state index in [1.165, 1.54) is 0 Å². The first-order valence-electron chi connectivity index (χ1n) is 8.65. The average Bonchev–Trinajstić information content (AvgIpc) is 3.34. The van der Waals surface area contributed by atoms with Crippen molar-refractivity contribution in [3.05, 3.63) is 47.5 Å². The van der Waals surface area contributed by atoms with Crippen LogP contribution in [0.3, 0.4) is 0 Å². The smallest absolute Gasteiger partial charge is 0.231 e. The molecule has 0 radical (unpaired) electrons. The van der Waals surface area contributed by atoms with Crippen LogP contribution in [0.1, 0.15) is 37.2 Å². The lowest BCUT2D eigenvalue weighted by molar-refractivity contribution is 0.0288. The summed E-state index contributed by atoms with van der Waals surface area (Å²) in [6.07, 6.45) is 0.0554. The monoisotopic (exact) mass is 340 g/mol. The van der Waals surface area contributed by atoms with Gasteiger partial charge in [-0.25, -0.2) is 0 Å². The number of hydrogen-bond donors (Lipinski definition) is 0. The number of fused-ring (bicyclic) bond motifs is 2. The summed E-state index contributed by atoms with van der Waals surface area (Å²) in [6, 6.07) is 12.2. The highest BCUT2D eigenvalue weighted by atomic mass is 16.7. The quantitative estimate of drug-likeness (QED) is 0.819. The summed E-state index contributed by atoms with van der Waals surface area (Å²) in [5.74, 6) is 3.97. The summed E-state index contributed by atoms with van der Waals surface area (Å²) in [5.41, 5.74) is 2.26. The van der Waals surface area contributed by atoms with Crippen molar-refractivity contribution in [2.75, 3.05) is 13.6 Å². The Labute approximate surface area is 146 Å². The first-order chi connectivity index (χ1) is 12.2. The molecule has 3 aliphatic heterocycles. The molecule has 0 bridgehead atoms. The Kier molecular flexibility index (Phi) is 3.31. The second kappa shape index (κ2) is 5.56. The molecule has 5 heteroatoms. The van der Waals surface area contributed by atoms with Gasteiger partial charge in [-0.1, -0.05) is 26.0 Å². The number of benzene rings is 2. The molecule has 1 fully saturated rings. The van der Waals surface area contributed by atoms with Crippen molar-refractivity contribution in [1.82, 2.24) is 0 Å². The van der Waals surface area contributed by atoms with E-state index in [0.29, 0.717) is 11.8 Å². The van der Waals surface area contributed by atoms with Crippen LogP contribution >= 0.6 is 0 Å². The second-order valence-electron chi connectivity index (χ2n) is 6.92. The van der Waals surface area contributed by atoms with Gasteiger partial charge >= 0.3 is 0 Å². The number of rotatable bonds is 2. The predicted octanol–water partition coefficient (Wildman–Crippen LogP) is 4.23. The van der Waals surface area contributed by atoms with Gasteiger partial charge < -0.3 is 23.7 Å². The number of hydrogen-bond acceptors (Lipinski definition) is 5.